The van der Waals surface area contributed by atoms with E-state index >= 15 is 0 Å². The Kier molecular flexibility index (Phi) is 5.05. The van der Waals surface area contributed by atoms with Crippen LogP contribution in [0.5, 0.6) is 0 Å². The zero-order valence-corrected chi connectivity index (χ0v) is 9.55. The Bertz CT molecular complexity index is 320. The second kappa shape index (κ2) is 6.36. The van der Waals surface area contributed by atoms with Crippen molar-refractivity contribution in [2.45, 2.75) is 26.7 Å². The molecule has 0 heterocycles. The van der Waals surface area contributed by atoms with Crippen molar-refractivity contribution in [1.29, 1.82) is 0 Å². The average molecular weight is 205 g/mol. The second-order valence-corrected chi connectivity index (χ2v) is 3.88. The zero-order valence-electron chi connectivity index (χ0n) is 9.55. The maximum absolute atomic E-state index is 11.5. The third-order valence-corrected chi connectivity index (χ3v) is 2.23. The number of hydrogen-bond donors (Lipinski definition) is 1. The van der Waals surface area contributed by atoms with Gasteiger partial charge in [-0.05, 0) is 25.5 Å². The van der Waals surface area contributed by atoms with Crippen LogP contribution in [0.1, 0.15) is 24.5 Å². The van der Waals surface area contributed by atoms with Crippen LogP contribution in [-0.2, 0) is 11.2 Å². The van der Waals surface area contributed by atoms with Crippen molar-refractivity contribution >= 4 is 5.78 Å². The molecule has 0 aliphatic heterocycles. The van der Waals surface area contributed by atoms with E-state index < -0.39 is 0 Å². The predicted octanol–water partition coefficient (Wildman–Crippen LogP) is 2.11. The molecule has 0 bridgehead atoms. The third kappa shape index (κ3) is 4.75. The SMILES string of the molecule is CCCNCC(=O)Cc1cccc(C)c1. The van der Waals surface area contributed by atoms with Crippen molar-refractivity contribution in [1.82, 2.24) is 5.32 Å². The number of hydrogen-bond acceptors (Lipinski definition) is 2. The largest absolute Gasteiger partial charge is 0.310 e. The number of rotatable bonds is 6. The van der Waals surface area contributed by atoms with Crippen molar-refractivity contribution in [3.05, 3.63) is 35.4 Å². The van der Waals surface area contributed by atoms with Crippen LogP contribution < -0.4 is 5.32 Å². The van der Waals surface area contributed by atoms with Gasteiger partial charge >= 0.3 is 0 Å². The summed E-state index contributed by atoms with van der Waals surface area (Å²) in [6, 6.07) is 8.11. The summed E-state index contributed by atoms with van der Waals surface area (Å²) in [6.07, 6.45) is 1.61. The summed E-state index contributed by atoms with van der Waals surface area (Å²) < 4.78 is 0. The van der Waals surface area contributed by atoms with Gasteiger partial charge in [0.05, 0.1) is 6.54 Å². The molecule has 0 fully saturated rings. The van der Waals surface area contributed by atoms with Gasteiger partial charge in [0.1, 0.15) is 0 Å². The minimum absolute atomic E-state index is 0.258. The number of carbonyl (C=O) groups is 1. The van der Waals surface area contributed by atoms with Gasteiger partial charge < -0.3 is 5.32 Å². The first kappa shape index (κ1) is 11.9. The van der Waals surface area contributed by atoms with Gasteiger partial charge in [0.2, 0.25) is 0 Å². The quantitative estimate of drug-likeness (QED) is 0.721. The van der Waals surface area contributed by atoms with Crippen LogP contribution in [0.2, 0.25) is 0 Å². The smallest absolute Gasteiger partial charge is 0.150 e. The molecule has 0 radical (unpaired) electrons. The van der Waals surface area contributed by atoms with Gasteiger partial charge in [-0.15, -0.1) is 0 Å². The molecule has 1 rings (SSSR count). The molecule has 0 atom stereocenters. The molecule has 15 heavy (non-hydrogen) atoms. The van der Waals surface area contributed by atoms with Gasteiger partial charge in [0.25, 0.3) is 0 Å². The Labute approximate surface area is 91.7 Å². The summed E-state index contributed by atoms with van der Waals surface area (Å²) in [7, 11) is 0. The van der Waals surface area contributed by atoms with Gasteiger partial charge in [-0.2, -0.15) is 0 Å². The van der Waals surface area contributed by atoms with Crippen LogP contribution in [0.15, 0.2) is 24.3 Å². The molecule has 0 unspecified atom stereocenters. The molecular formula is C13H19NO. The van der Waals surface area contributed by atoms with E-state index in [0.717, 1.165) is 18.5 Å². The molecule has 1 aromatic rings. The summed E-state index contributed by atoms with van der Waals surface area (Å²) in [6.45, 7) is 5.54. The van der Waals surface area contributed by atoms with Gasteiger partial charge in [0, 0.05) is 6.42 Å². The Morgan fingerprint density at radius 3 is 2.87 bits per heavy atom. The topological polar surface area (TPSA) is 29.1 Å². The molecule has 1 aromatic carbocycles. The van der Waals surface area contributed by atoms with E-state index in [-0.39, 0.29) is 5.78 Å². The summed E-state index contributed by atoms with van der Waals surface area (Å²) >= 11 is 0. The Morgan fingerprint density at radius 1 is 1.40 bits per heavy atom. The average Bonchev–Trinajstić information content (AvgIpc) is 2.18. The fourth-order valence-corrected chi connectivity index (χ4v) is 1.52. The lowest BCUT2D eigenvalue weighted by atomic mass is 10.1. The molecule has 2 heteroatoms. The molecule has 0 aliphatic carbocycles. The van der Waals surface area contributed by atoms with Crippen LogP contribution in [0, 0.1) is 6.92 Å². The lowest BCUT2D eigenvalue weighted by Crippen LogP contribution is -2.24. The van der Waals surface area contributed by atoms with Crippen molar-refractivity contribution in [2.75, 3.05) is 13.1 Å². The lowest BCUT2D eigenvalue weighted by Gasteiger charge is -2.03. The number of Topliss-reactive ketones (excluding diaryl/α,β-unsaturated/α-hetero) is 1. The Hall–Kier alpha value is -1.15. The summed E-state index contributed by atoms with van der Waals surface area (Å²) in [5.74, 6) is 0.258. The van der Waals surface area contributed by atoms with Gasteiger partial charge in [-0.1, -0.05) is 36.8 Å². The van der Waals surface area contributed by atoms with E-state index in [1.807, 2.05) is 25.1 Å². The van der Waals surface area contributed by atoms with E-state index in [1.165, 1.54) is 5.56 Å². The maximum Gasteiger partial charge on any atom is 0.150 e. The molecule has 0 spiro atoms. The Morgan fingerprint density at radius 2 is 2.20 bits per heavy atom. The monoisotopic (exact) mass is 205 g/mol. The second-order valence-electron chi connectivity index (χ2n) is 3.88. The molecule has 0 aromatic heterocycles. The van der Waals surface area contributed by atoms with Crippen LogP contribution in [0.4, 0.5) is 0 Å². The van der Waals surface area contributed by atoms with E-state index in [4.69, 9.17) is 0 Å². The molecule has 82 valence electrons. The van der Waals surface area contributed by atoms with E-state index in [1.54, 1.807) is 0 Å². The Balaban J connectivity index is 2.37. The van der Waals surface area contributed by atoms with Gasteiger partial charge in [-0.25, -0.2) is 0 Å². The zero-order chi connectivity index (χ0) is 11.1. The van der Waals surface area contributed by atoms with E-state index in [2.05, 4.69) is 18.3 Å². The van der Waals surface area contributed by atoms with Crippen LogP contribution >= 0.6 is 0 Å². The van der Waals surface area contributed by atoms with Gasteiger partial charge in [0.15, 0.2) is 5.78 Å². The number of carbonyl (C=O) groups excluding carboxylic acids is 1. The highest BCUT2D eigenvalue weighted by Crippen LogP contribution is 2.04. The molecule has 1 N–H and O–H groups in total. The highest BCUT2D eigenvalue weighted by atomic mass is 16.1. The standard InChI is InChI=1S/C13H19NO/c1-3-7-14-10-13(15)9-12-6-4-5-11(2)8-12/h4-6,8,14H,3,7,9-10H2,1-2H3. The third-order valence-electron chi connectivity index (χ3n) is 2.23. The first-order valence-corrected chi connectivity index (χ1v) is 5.50. The van der Waals surface area contributed by atoms with Crippen molar-refractivity contribution < 1.29 is 4.79 Å². The number of aryl methyl sites for hydroxylation is 1. The number of ketones is 1. The van der Waals surface area contributed by atoms with Crippen molar-refractivity contribution in [3.63, 3.8) is 0 Å². The molecule has 0 saturated carbocycles. The minimum atomic E-state index is 0.258. The number of benzene rings is 1. The first-order valence-electron chi connectivity index (χ1n) is 5.50. The highest BCUT2D eigenvalue weighted by molar-refractivity contribution is 5.82. The maximum atomic E-state index is 11.5. The molecule has 2 nitrogen and oxygen atoms in total. The highest BCUT2D eigenvalue weighted by Gasteiger charge is 2.02. The van der Waals surface area contributed by atoms with Crippen molar-refractivity contribution in [2.24, 2.45) is 0 Å². The normalized spacial score (nSPS) is 10.3. The molecular weight excluding hydrogens is 186 g/mol. The molecule has 0 aliphatic rings. The molecule has 0 amide bonds. The first-order chi connectivity index (χ1) is 7.22. The summed E-state index contributed by atoms with van der Waals surface area (Å²) in [5.41, 5.74) is 2.32. The molecule has 0 saturated heterocycles. The fourth-order valence-electron chi connectivity index (χ4n) is 1.52. The van der Waals surface area contributed by atoms with Crippen molar-refractivity contribution in [3.8, 4) is 0 Å². The van der Waals surface area contributed by atoms with Gasteiger partial charge in [-0.3, -0.25) is 4.79 Å². The van der Waals surface area contributed by atoms with Crippen LogP contribution in [-0.4, -0.2) is 18.9 Å². The lowest BCUT2D eigenvalue weighted by molar-refractivity contribution is -0.117. The fraction of sp³-hybridized carbons (Fsp3) is 0.462. The number of nitrogens with one attached hydrogen (secondary N) is 1. The van der Waals surface area contributed by atoms with Crippen LogP contribution in [0.3, 0.4) is 0 Å². The van der Waals surface area contributed by atoms with E-state index in [9.17, 15) is 4.79 Å². The predicted molar refractivity (Wildman–Crippen MR) is 63.1 cm³/mol. The van der Waals surface area contributed by atoms with E-state index in [0.29, 0.717) is 13.0 Å². The minimum Gasteiger partial charge on any atom is -0.310 e. The van der Waals surface area contributed by atoms with Crippen LogP contribution in [0.25, 0.3) is 0 Å². The summed E-state index contributed by atoms with van der Waals surface area (Å²) in [4.78, 5) is 11.5. The summed E-state index contributed by atoms with van der Waals surface area (Å²) in [5, 5.41) is 3.12.